The fourth-order valence-corrected chi connectivity index (χ4v) is 1.78. The average molecular weight is 324 g/mol. The number of benzene rings is 1. The molecule has 2 aromatic rings. The zero-order valence-electron chi connectivity index (χ0n) is 12.4. The van der Waals surface area contributed by atoms with E-state index in [0.29, 0.717) is 11.6 Å². The highest BCUT2D eigenvalue weighted by Gasteiger charge is 2.14. The molecule has 8 heteroatoms. The minimum atomic E-state index is -2.98. The van der Waals surface area contributed by atoms with E-state index in [4.69, 9.17) is 9.47 Å². The highest BCUT2D eigenvalue weighted by atomic mass is 19.3. The molecule has 0 unspecified atom stereocenters. The van der Waals surface area contributed by atoms with Crippen LogP contribution in [0.15, 0.2) is 36.5 Å². The van der Waals surface area contributed by atoms with Gasteiger partial charge in [0.15, 0.2) is 11.5 Å². The monoisotopic (exact) mass is 324 g/mol. The molecule has 0 radical (unpaired) electrons. The Morgan fingerprint density at radius 3 is 2.48 bits per heavy atom. The maximum atomic E-state index is 12.3. The molecule has 0 aliphatic rings. The molecule has 23 heavy (non-hydrogen) atoms. The van der Waals surface area contributed by atoms with Crippen LogP contribution in [0.25, 0.3) is 0 Å². The summed E-state index contributed by atoms with van der Waals surface area (Å²) in [5, 5.41) is 2.62. The fourth-order valence-electron chi connectivity index (χ4n) is 1.78. The molecule has 0 atom stereocenters. The summed E-state index contributed by atoms with van der Waals surface area (Å²) in [5.41, 5.74) is 0.682. The Bertz CT molecular complexity index is 678. The SMILES string of the molecule is COc1ccc(NC(=O)c2ccc(OC(F)F)c(OC)c2)cn1. The number of methoxy groups -OCH3 is 2. The van der Waals surface area contributed by atoms with Crippen molar-refractivity contribution in [3.63, 3.8) is 0 Å². The van der Waals surface area contributed by atoms with E-state index in [1.165, 1.54) is 38.6 Å². The number of hydrogen-bond acceptors (Lipinski definition) is 5. The standard InChI is InChI=1S/C15H14F2N2O4/c1-21-12-7-9(3-5-11(12)23-15(16)17)14(20)19-10-4-6-13(22-2)18-8-10/h3-8,15H,1-2H3,(H,19,20). The highest BCUT2D eigenvalue weighted by Crippen LogP contribution is 2.29. The molecular formula is C15H14F2N2O4. The van der Waals surface area contributed by atoms with Crippen molar-refractivity contribution in [2.45, 2.75) is 6.61 Å². The van der Waals surface area contributed by atoms with Gasteiger partial charge in [-0.05, 0) is 24.3 Å². The van der Waals surface area contributed by atoms with Crippen molar-refractivity contribution in [2.24, 2.45) is 0 Å². The van der Waals surface area contributed by atoms with E-state index in [-0.39, 0.29) is 17.1 Å². The lowest BCUT2D eigenvalue weighted by Crippen LogP contribution is -2.12. The Labute approximate surface area is 131 Å². The van der Waals surface area contributed by atoms with Crippen LogP contribution < -0.4 is 19.5 Å². The highest BCUT2D eigenvalue weighted by molar-refractivity contribution is 6.04. The molecule has 0 aliphatic heterocycles. The van der Waals surface area contributed by atoms with Crippen molar-refractivity contribution in [3.05, 3.63) is 42.1 Å². The van der Waals surface area contributed by atoms with E-state index in [0.717, 1.165) is 0 Å². The number of anilines is 1. The van der Waals surface area contributed by atoms with Gasteiger partial charge in [-0.15, -0.1) is 0 Å². The van der Waals surface area contributed by atoms with Gasteiger partial charge in [0.2, 0.25) is 5.88 Å². The maximum Gasteiger partial charge on any atom is 0.387 e. The molecule has 1 aromatic carbocycles. The summed E-state index contributed by atoms with van der Waals surface area (Å²) in [4.78, 5) is 16.1. The summed E-state index contributed by atoms with van der Waals surface area (Å²) in [5.74, 6) is -0.145. The van der Waals surface area contributed by atoms with Gasteiger partial charge in [0.1, 0.15) is 0 Å². The number of rotatable bonds is 6. The second kappa shape index (κ2) is 7.39. The van der Waals surface area contributed by atoms with E-state index >= 15 is 0 Å². The lowest BCUT2D eigenvalue weighted by Gasteiger charge is -2.11. The van der Waals surface area contributed by atoms with Crippen LogP contribution in [-0.2, 0) is 0 Å². The van der Waals surface area contributed by atoms with E-state index < -0.39 is 12.5 Å². The number of nitrogens with one attached hydrogen (secondary N) is 1. The zero-order chi connectivity index (χ0) is 16.8. The predicted molar refractivity (Wildman–Crippen MR) is 78.4 cm³/mol. The first-order chi connectivity index (χ1) is 11.0. The van der Waals surface area contributed by atoms with Crippen molar-refractivity contribution < 1.29 is 27.8 Å². The van der Waals surface area contributed by atoms with Crippen LogP contribution in [-0.4, -0.2) is 31.7 Å². The van der Waals surface area contributed by atoms with Crippen molar-refractivity contribution >= 4 is 11.6 Å². The summed E-state index contributed by atoms with van der Waals surface area (Å²) in [6, 6.07) is 7.12. The van der Waals surface area contributed by atoms with E-state index in [9.17, 15) is 13.6 Å². The van der Waals surface area contributed by atoms with Crippen LogP contribution in [0.2, 0.25) is 0 Å². The largest absolute Gasteiger partial charge is 0.493 e. The molecule has 1 N–H and O–H groups in total. The van der Waals surface area contributed by atoms with Crippen molar-refractivity contribution in [2.75, 3.05) is 19.5 Å². The molecule has 0 bridgehead atoms. The van der Waals surface area contributed by atoms with E-state index in [2.05, 4.69) is 15.0 Å². The summed E-state index contributed by atoms with van der Waals surface area (Å²) >= 11 is 0. The number of carbonyl (C=O) groups excluding carboxylic acids is 1. The first-order valence-electron chi connectivity index (χ1n) is 6.47. The number of amides is 1. The molecule has 1 aromatic heterocycles. The number of halogens is 2. The topological polar surface area (TPSA) is 69.7 Å². The van der Waals surface area contributed by atoms with Crippen LogP contribution in [0.3, 0.4) is 0 Å². The lowest BCUT2D eigenvalue weighted by molar-refractivity contribution is -0.0512. The van der Waals surface area contributed by atoms with Gasteiger partial charge in [0.25, 0.3) is 5.91 Å². The van der Waals surface area contributed by atoms with Gasteiger partial charge < -0.3 is 19.5 Å². The Balaban J connectivity index is 2.15. The molecule has 1 heterocycles. The van der Waals surface area contributed by atoms with Gasteiger partial charge in [-0.3, -0.25) is 4.79 Å². The predicted octanol–water partition coefficient (Wildman–Crippen LogP) is 2.95. The van der Waals surface area contributed by atoms with Crippen LogP contribution in [0.5, 0.6) is 17.4 Å². The van der Waals surface area contributed by atoms with E-state index in [1.54, 1.807) is 12.1 Å². The first-order valence-corrected chi connectivity index (χ1v) is 6.47. The second-order valence-electron chi connectivity index (χ2n) is 4.29. The van der Waals surface area contributed by atoms with Crippen molar-refractivity contribution in [1.29, 1.82) is 0 Å². The average Bonchev–Trinajstić information content (AvgIpc) is 2.55. The summed E-state index contributed by atoms with van der Waals surface area (Å²) in [6.45, 7) is -2.98. The summed E-state index contributed by atoms with van der Waals surface area (Å²) < 4.78 is 38.7. The van der Waals surface area contributed by atoms with Crippen molar-refractivity contribution in [1.82, 2.24) is 4.98 Å². The summed E-state index contributed by atoms with van der Waals surface area (Å²) in [6.07, 6.45) is 1.43. The third-order valence-corrected chi connectivity index (χ3v) is 2.85. The van der Waals surface area contributed by atoms with E-state index in [1.807, 2.05) is 0 Å². The molecule has 0 aliphatic carbocycles. The molecule has 6 nitrogen and oxygen atoms in total. The summed E-state index contributed by atoms with van der Waals surface area (Å²) in [7, 11) is 2.78. The molecule has 0 saturated carbocycles. The van der Waals surface area contributed by atoms with Gasteiger partial charge in [0.05, 0.1) is 26.1 Å². The van der Waals surface area contributed by atoms with Gasteiger partial charge in [-0.25, -0.2) is 4.98 Å². The first kappa shape index (κ1) is 16.5. The Morgan fingerprint density at radius 1 is 1.13 bits per heavy atom. The third-order valence-electron chi connectivity index (χ3n) is 2.85. The molecular weight excluding hydrogens is 310 g/mol. The number of ether oxygens (including phenoxy) is 3. The molecule has 0 spiro atoms. The Hall–Kier alpha value is -2.90. The minimum absolute atomic E-state index is 0.0332. The molecule has 0 fully saturated rings. The van der Waals surface area contributed by atoms with Gasteiger partial charge in [-0.1, -0.05) is 0 Å². The van der Waals surface area contributed by atoms with Crippen LogP contribution in [0.4, 0.5) is 14.5 Å². The number of alkyl halides is 2. The molecule has 122 valence electrons. The van der Waals surface area contributed by atoms with Crippen LogP contribution in [0, 0.1) is 0 Å². The number of aromatic nitrogens is 1. The van der Waals surface area contributed by atoms with Gasteiger partial charge in [-0.2, -0.15) is 8.78 Å². The number of pyridine rings is 1. The van der Waals surface area contributed by atoms with Crippen molar-refractivity contribution in [3.8, 4) is 17.4 Å². The number of carbonyl (C=O) groups is 1. The number of nitrogens with zero attached hydrogens (tertiary/aromatic N) is 1. The Kier molecular flexibility index (Phi) is 5.29. The fraction of sp³-hybridized carbons (Fsp3) is 0.200. The Morgan fingerprint density at radius 2 is 1.91 bits per heavy atom. The smallest absolute Gasteiger partial charge is 0.387 e. The second-order valence-corrected chi connectivity index (χ2v) is 4.29. The quantitative estimate of drug-likeness (QED) is 0.885. The normalized spacial score (nSPS) is 10.3. The zero-order valence-corrected chi connectivity index (χ0v) is 12.4. The van der Waals surface area contributed by atoms with Gasteiger partial charge >= 0.3 is 6.61 Å². The van der Waals surface area contributed by atoms with Crippen LogP contribution >= 0.6 is 0 Å². The maximum absolute atomic E-state index is 12.3. The molecule has 2 rings (SSSR count). The minimum Gasteiger partial charge on any atom is -0.493 e. The number of hydrogen-bond donors (Lipinski definition) is 1. The van der Waals surface area contributed by atoms with Crippen LogP contribution in [0.1, 0.15) is 10.4 Å². The van der Waals surface area contributed by atoms with Gasteiger partial charge in [0, 0.05) is 11.6 Å². The third kappa shape index (κ3) is 4.29. The lowest BCUT2D eigenvalue weighted by atomic mass is 10.2. The molecule has 0 saturated heterocycles. The molecule has 1 amide bonds.